The van der Waals surface area contributed by atoms with Crippen LogP contribution in [0.15, 0.2) is 23.8 Å². The molecule has 1 saturated heterocycles. The first-order chi connectivity index (χ1) is 11.5. The van der Waals surface area contributed by atoms with Crippen LogP contribution in [-0.4, -0.2) is 41.0 Å². The van der Waals surface area contributed by atoms with Crippen LogP contribution in [0.4, 0.5) is 4.79 Å². The normalized spacial score (nSPS) is 20.6. The number of rotatable bonds is 3. The zero-order valence-electron chi connectivity index (χ0n) is 13.2. The fraction of sp³-hybridized carbons (Fsp3) is 0.353. The minimum atomic E-state index is -0.716. The first kappa shape index (κ1) is 16.0. The SMILES string of the molecule is COc1cc(C=C2C(=O)NC(=O)N(C3CCCC3)C2=O)ccc1O. The second kappa shape index (κ2) is 6.35. The van der Waals surface area contributed by atoms with E-state index in [4.69, 9.17) is 4.74 Å². The van der Waals surface area contributed by atoms with Gasteiger partial charge in [-0.1, -0.05) is 18.9 Å². The van der Waals surface area contributed by atoms with Crippen molar-refractivity contribution in [3.05, 3.63) is 29.3 Å². The van der Waals surface area contributed by atoms with Crippen molar-refractivity contribution >= 4 is 23.9 Å². The third kappa shape index (κ3) is 2.84. The van der Waals surface area contributed by atoms with Gasteiger partial charge in [-0.05, 0) is 36.6 Å². The fourth-order valence-electron chi connectivity index (χ4n) is 3.12. The van der Waals surface area contributed by atoms with Crippen molar-refractivity contribution in [3.63, 3.8) is 0 Å². The maximum atomic E-state index is 12.7. The third-order valence-electron chi connectivity index (χ3n) is 4.34. The monoisotopic (exact) mass is 330 g/mol. The Balaban J connectivity index is 1.94. The summed E-state index contributed by atoms with van der Waals surface area (Å²) in [5.41, 5.74) is 0.415. The standard InChI is InChI=1S/C17H18N2O5/c1-24-14-9-10(6-7-13(14)20)8-12-15(21)18-17(23)19(16(12)22)11-4-2-3-5-11/h6-9,11,20H,2-5H2,1H3,(H,18,21,23). The van der Waals surface area contributed by atoms with Crippen LogP contribution in [0.5, 0.6) is 11.5 Å². The summed E-state index contributed by atoms with van der Waals surface area (Å²) in [5, 5.41) is 11.8. The smallest absolute Gasteiger partial charge is 0.331 e. The van der Waals surface area contributed by atoms with Gasteiger partial charge in [0.15, 0.2) is 11.5 Å². The molecule has 1 heterocycles. The molecule has 1 saturated carbocycles. The Kier molecular flexibility index (Phi) is 4.24. The van der Waals surface area contributed by atoms with Crippen LogP contribution in [-0.2, 0) is 9.59 Å². The lowest BCUT2D eigenvalue weighted by atomic mass is 10.0. The molecule has 0 bridgehead atoms. The number of methoxy groups -OCH3 is 1. The Morgan fingerprint density at radius 1 is 1.25 bits per heavy atom. The molecule has 1 aliphatic heterocycles. The van der Waals surface area contributed by atoms with Gasteiger partial charge in [0.2, 0.25) is 0 Å². The first-order valence-electron chi connectivity index (χ1n) is 7.79. The van der Waals surface area contributed by atoms with Gasteiger partial charge in [-0.25, -0.2) is 4.79 Å². The number of hydrogen-bond acceptors (Lipinski definition) is 5. The number of phenolic OH excluding ortho intramolecular Hbond substituents is 1. The lowest BCUT2D eigenvalue weighted by molar-refractivity contribution is -0.131. The van der Waals surface area contributed by atoms with Crippen LogP contribution in [0.3, 0.4) is 0 Å². The molecule has 7 nitrogen and oxygen atoms in total. The maximum Gasteiger partial charge on any atom is 0.331 e. The van der Waals surface area contributed by atoms with Crippen molar-refractivity contribution in [1.82, 2.24) is 10.2 Å². The number of carbonyl (C=O) groups is 3. The van der Waals surface area contributed by atoms with E-state index >= 15 is 0 Å². The van der Waals surface area contributed by atoms with E-state index in [0.29, 0.717) is 5.56 Å². The molecule has 2 fully saturated rings. The quantitative estimate of drug-likeness (QED) is 0.651. The van der Waals surface area contributed by atoms with Gasteiger partial charge in [0.05, 0.1) is 7.11 Å². The van der Waals surface area contributed by atoms with Gasteiger partial charge in [0, 0.05) is 6.04 Å². The summed E-state index contributed by atoms with van der Waals surface area (Å²) in [6.45, 7) is 0. The molecule has 1 aromatic carbocycles. The average molecular weight is 330 g/mol. The van der Waals surface area contributed by atoms with Gasteiger partial charge in [0.25, 0.3) is 11.8 Å². The van der Waals surface area contributed by atoms with Gasteiger partial charge in [-0.2, -0.15) is 0 Å². The van der Waals surface area contributed by atoms with Crippen LogP contribution >= 0.6 is 0 Å². The number of nitrogens with zero attached hydrogens (tertiary/aromatic N) is 1. The summed E-state index contributed by atoms with van der Waals surface area (Å²) in [6.07, 6.45) is 4.84. The van der Waals surface area contributed by atoms with Gasteiger partial charge in [0.1, 0.15) is 5.57 Å². The number of amides is 4. The van der Waals surface area contributed by atoms with Crippen LogP contribution in [0.2, 0.25) is 0 Å². The molecule has 0 atom stereocenters. The molecule has 4 amide bonds. The number of phenols is 1. The molecule has 7 heteroatoms. The Morgan fingerprint density at radius 3 is 2.62 bits per heavy atom. The number of nitrogens with one attached hydrogen (secondary N) is 1. The van der Waals surface area contributed by atoms with Crippen LogP contribution < -0.4 is 10.1 Å². The number of benzene rings is 1. The molecular formula is C17H18N2O5. The topological polar surface area (TPSA) is 95.9 Å². The molecule has 0 radical (unpaired) electrons. The zero-order valence-corrected chi connectivity index (χ0v) is 13.2. The molecule has 1 aromatic rings. The summed E-state index contributed by atoms with van der Waals surface area (Å²) in [6, 6.07) is 3.66. The maximum absolute atomic E-state index is 12.7. The summed E-state index contributed by atoms with van der Waals surface area (Å²) in [5.74, 6) is -1.10. The number of imide groups is 2. The molecule has 3 rings (SSSR count). The highest BCUT2D eigenvalue weighted by molar-refractivity contribution is 6.31. The highest BCUT2D eigenvalue weighted by Gasteiger charge is 2.40. The second-order valence-electron chi connectivity index (χ2n) is 5.86. The summed E-state index contributed by atoms with van der Waals surface area (Å²) in [7, 11) is 1.41. The van der Waals surface area contributed by atoms with Crippen LogP contribution in [0.25, 0.3) is 6.08 Å². The van der Waals surface area contributed by atoms with E-state index in [0.717, 1.165) is 30.6 Å². The van der Waals surface area contributed by atoms with Gasteiger partial charge in [-0.15, -0.1) is 0 Å². The molecule has 0 unspecified atom stereocenters. The Labute approximate surface area is 138 Å². The van der Waals surface area contributed by atoms with E-state index in [1.165, 1.54) is 25.3 Å². The molecule has 1 aliphatic carbocycles. The van der Waals surface area contributed by atoms with E-state index in [1.54, 1.807) is 6.07 Å². The van der Waals surface area contributed by atoms with E-state index < -0.39 is 17.8 Å². The lowest BCUT2D eigenvalue weighted by Gasteiger charge is -2.31. The van der Waals surface area contributed by atoms with Crippen LogP contribution in [0.1, 0.15) is 31.2 Å². The summed E-state index contributed by atoms with van der Waals surface area (Å²) >= 11 is 0. The van der Waals surface area contributed by atoms with E-state index in [-0.39, 0.29) is 23.1 Å². The zero-order chi connectivity index (χ0) is 17.3. The Morgan fingerprint density at radius 2 is 1.96 bits per heavy atom. The molecule has 2 aliphatic rings. The molecule has 126 valence electrons. The molecule has 24 heavy (non-hydrogen) atoms. The first-order valence-corrected chi connectivity index (χ1v) is 7.79. The highest BCUT2D eigenvalue weighted by atomic mass is 16.5. The van der Waals surface area contributed by atoms with Gasteiger partial charge in [-0.3, -0.25) is 19.8 Å². The highest BCUT2D eigenvalue weighted by Crippen LogP contribution is 2.29. The fourth-order valence-corrected chi connectivity index (χ4v) is 3.12. The van der Waals surface area contributed by atoms with E-state index in [1.807, 2.05) is 0 Å². The number of barbiturate groups is 1. The third-order valence-corrected chi connectivity index (χ3v) is 4.34. The van der Waals surface area contributed by atoms with Gasteiger partial charge < -0.3 is 9.84 Å². The largest absolute Gasteiger partial charge is 0.504 e. The van der Waals surface area contributed by atoms with Gasteiger partial charge >= 0.3 is 6.03 Å². The lowest BCUT2D eigenvalue weighted by Crippen LogP contribution is -2.57. The minimum absolute atomic E-state index is 0.0400. The van der Waals surface area contributed by atoms with E-state index in [2.05, 4.69) is 5.32 Å². The predicted molar refractivity (Wildman–Crippen MR) is 85.3 cm³/mol. The van der Waals surface area contributed by atoms with Crippen molar-refractivity contribution in [3.8, 4) is 11.5 Å². The Bertz CT molecular complexity index is 734. The molecule has 0 spiro atoms. The average Bonchev–Trinajstić information content (AvgIpc) is 3.06. The summed E-state index contributed by atoms with van der Waals surface area (Å²) in [4.78, 5) is 37.9. The van der Waals surface area contributed by atoms with Crippen molar-refractivity contribution in [1.29, 1.82) is 0 Å². The predicted octanol–water partition coefficient (Wildman–Crippen LogP) is 1.81. The molecule has 0 aromatic heterocycles. The van der Waals surface area contributed by atoms with E-state index in [9.17, 15) is 19.5 Å². The number of ether oxygens (including phenoxy) is 1. The number of aromatic hydroxyl groups is 1. The van der Waals surface area contributed by atoms with Crippen molar-refractivity contribution in [2.24, 2.45) is 0 Å². The molecular weight excluding hydrogens is 312 g/mol. The van der Waals surface area contributed by atoms with Crippen molar-refractivity contribution in [2.75, 3.05) is 7.11 Å². The number of carbonyl (C=O) groups excluding carboxylic acids is 3. The summed E-state index contributed by atoms with van der Waals surface area (Å²) < 4.78 is 5.02. The number of urea groups is 1. The minimum Gasteiger partial charge on any atom is -0.504 e. The Hall–Kier alpha value is -2.83. The second-order valence-corrected chi connectivity index (χ2v) is 5.86. The number of hydrogen-bond donors (Lipinski definition) is 2. The molecule has 2 N–H and O–H groups in total. The van der Waals surface area contributed by atoms with Crippen molar-refractivity contribution < 1.29 is 24.2 Å². The van der Waals surface area contributed by atoms with Crippen molar-refractivity contribution in [2.45, 2.75) is 31.7 Å². The van der Waals surface area contributed by atoms with Crippen LogP contribution in [0, 0.1) is 0 Å².